The van der Waals surface area contributed by atoms with E-state index in [0.717, 1.165) is 60.1 Å². The molecule has 0 amide bonds. The molecule has 0 atom stereocenters. The summed E-state index contributed by atoms with van der Waals surface area (Å²) in [6.07, 6.45) is 4.69. The Kier molecular flexibility index (Phi) is 5.94. The molecule has 2 aromatic heterocycles. The molecule has 0 aliphatic heterocycles. The van der Waals surface area contributed by atoms with Crippen LogP contribution in [0.1, 0.15) is 37.1 Å². The van der Waals surface area contributed by atoms with Crippen molar-refractivity contribution in [1.29, 1.82) is 0 Å². The monoisotopic (exact) mass is 394 g/mol. The summed E-state index contributed by atoms with van der Waals surface area (Å²) in [7, 11) is 4.05. The first-order valence-corrected chi connectivity index (χ1v) is 10.4. The minimum Gasteiger partial charge on any atom is -0.362 e. The second kappa shape index (κ2) is 8.78. The van der Waals surface area contributed by atoms with Crippen molar-refractivity contribution < 1.29 is 4.52 Å². The van der Waals surface area contributed by atoms with E-state index in [1.807, 2.05) is 50.2 Å². The van der Waals surface area contributed by atoms with E-state index in [1.165, 1.54) is 12.8 Å². The number of benzene rings is 1. The van der Waals surface area contributed by atoms with Gasteiger partial charge >= 0.3 is 0 Å². The summed E-state index contributed by atoms with van der Waals surface area (Å²) in [4.78, 5) is 11.6. The zero-order chi connectivity index (χ0) is 20.2. The van der Waals surface area contributed by atoms with Crippen molar-refractivity contribution in [2.24, 2.45) is 5.92 Å². The van der Waals surface area contributed by atoms with E-state index in [-0.39, 0.29) is 0 Å². The van der Waals surface area contributed by atoms with Gasteiger partial charge in [0.05, 0.1) is 11.2 Å². The number of aromatic nitrogens is 3. The topological polar surface area (TPSA) is 79.1 Å². The quantitative estimate of drug-likeness (QED) is 0.632. The number of nitrogens with one attached hydrogen (secondary N) is 2. The van der Waals surface area contributed by atoms with Crippen LogP contribution in [0.25, 0.3) is 10.9 Å². The zero-order valence-electron chi connectivity index (χ0n) is 17.5. The van der Waals surface area contributed by atoms with E-state index in [9.17, 15) is 0 Å². The highest BCUT2D eigenvalue weighted by atomic mass is 16.5. The van der Waals surface area contributed by atoms with Gasteiger partial charge in [-0.2, -0.15) is 4.98 Å². The van der Waals surface area contributed by atoms with Gasteiger partial charge < -0.3 is 20.1 Å². The highest BCUT2D eigenvalue weighted by Crippen LogP contribution is 2.28. The average molecular weight is 395 g/mol. The van der Waals surface area contributed by atoms with Crippen molar-refractivity contribution in [1.82, 2.24) is 20.4 Å². The fraction of sp³-hybridized carbons (Fsp3) is 0.500. The van der Waals surface area contributed by atoms with Crippen LogP contribution in [0.2, 0.25) is 0 Å². The van der Waals surface area contributed by atoms with Crippen LogP contribution in [-0.2, 0) is 6.54 Å². The molecule has 29 heavy (non-hydrogen) atoms. The Bertz CT molecular complexity index is 945. The Hall–Kier alpha value is -2.67. The van der Waals surface area contributed by atoms with Crippen LogP contribution in [0.15, 0.2) is 34.9 Å². The number of hydrogen-bond acceptors (Lipinski definition) is 7. The molecule has 1 aliphatic rings. The summed E-state index contributed by atoms with van der Waals surface area (Å²) >= 11 is 0. The van der Waals surface area contributed by atoms with Gasteiger partial charge in [0.2, 0.25) is 5.95 Å². The van der Waals surface area contributed by atoms with Crippen molar-refractivity contribution in [3.05, 3.63) is 41.8 Å². The number of para-hydroxylation sites is 1. The fourth-order valence-corrected chi connectivity index (χ4v) is 4.06. The summed E-state index contributed by atoms with van der Waals surface area (Å²) in [5.74, 6) is 3.26. The smallest absolute Gasteiger partial charge is 0.225 e. The lowest BCUT2D eigenvalue weighted by Gasteiger charge is -2.29. The second-order valence-corrected chi connectivity index (χ2v) is 8.20. The third-order valence-electron chi connectivity index (χ3n) is 5.60. The van der Waals surface area contributed by atoms with E-state index in [2.05, 4.69) is 21.9 Å². The number of hydrogen-bond donors (Lipinski definition) is 2. The second-order valence-electron chi connectivity index (χ2n) is 8.20. The highest BCUT2D eigenvalue weighted by Gasteiger charge is 2.22. The van der Waals surface area contributed by atoms with Crippen LogP contribution in [0.5, 0.6) is 0 Å². The molecule has 0 bridgehead atoms. The van der Waals surface area contributed by atoms with Crippen LogP contribution in [0.3, 0.4) is 0 Å². The third kappa shape index (κ3) is 4.85. The molecule has 1 aromatic carbocycles. The number of anilines is 2. The summed E-state index contributed by atoms with van der Waals surface area (Å²) in [5.41, 5.74) is 1.96. The SMILES string of the molecule is Cc1cc(CNCC2CCC(Nc3nc(N(C)C)c4ccccc4n3)CC2)no1. The van der Waals surface area contributed by atoms with Gasteiger partial charge in [0.15, 0.2) is 0 Å². The van der Waals surface area contributed by atoms with Gasteiger partial charge in [-0.25, -0.2) is 4.98 Å². The lowest BCUT2D eigenvalue weighted by Crippen LogP contribution is -2.31. The standard InChI is InChI=1S/C22H30N6O/c1-15-12-18(27-29-15)14-23-13-16-8-10-17(11-9-16)24-22-25-20-7-5-4-6-19(20)21(26-22)28(2)3/h4-7,12,16-17,23H,8-11,13-14H2,1-3H3,(H,24,25,26). The van der Waals surface area contributed by atoms with Gasteiger partial charge in [-0.1, -0.05) is 17.3 Å². The molecule has 0 radical (unpaired) electrons. The Labute approximate surface area is 171 Å². The highest BCUT2D eigenvalue weighted by molar-refractivity contribution is 5.90. The third-order valence-corrected chi connectivity index (χ3v) is 5.60. The number of rotatable bonds is 7. The van der Waals surface area contributed by atoms with Gasteiger partial charge in [-0.05, 0) is 57.2 Å². The average Bonchev–Trinajstić information content (AvgIpc) is 3.13. The van der Waals surface area contributed by atoms with Gasteiger partial charge in [0.25, 0.3) is 0 Å². The largest absolute Gasteiger partial charge is 0.362 e. The summed E-state index contributed by atoms with van der Waals surface area (Å²) in [6.45, 7) is 3.72. The zero-order valence-corrected chi connectivity index (χ0v) is 17.5. The van der Waals surface area contributed by atoms with Crippen LogP contribution < -0.4 is 15.5 Å². The maximum Gasteiger partial charge on any atom is 0.225 e. The Morgan fingerprint density at radius 1 is 1.10 bits per heavy atom. The molecular formula is C22H30N6O. The molecule has 7 heteroatoms. The Morgan fingerprint density at radius 2 is 1.90 bits per heavy atom. The van der Waals surface area contributed by atoms with Crippen molar-refractivity contribution >= 4 is 22.7 Å². The van der Waals surface area contributed by atoms with Crippen LogP contribution in [-0.4, -0.2) is 41.8 Å². The van der Waals surface area contributed by atoms with E-state index in [0.29, 0.717) is 12.0 Å². The first-order valence-electron chi connectivity index (χ1n) is 10.4. The molecular weight excluding hydrogens is 364 g/mol. The van der Waals surface area contributed by atoms with E-state index >= 15 is 0 Å². The van der Waals surface area contributed by atoms with Crippen molar-refractivity contribution in [2.45, 2.75) is 45.2 Å². The van der Waals surface area contributed by atoms with E-state index in [1.54, 1.807) is 0 Å². The molecule has 0 saturated heterocycles. The minimum atomic E-state index is 0.431. The van der Waals surface area contributed by atoms with Crippen molar-refractivity contribution in [3.63, 3.8) is 0 Å². The summed E-state index contributed by atoms with van der Waals surface area (Å²) in [5, 5.41) is 12.2. The molecule has 1 saturated carbocycles. The minimum absolute atomic E-state index is 0.431. The van der Waals surface area contributed by atoms with Gasteiger partial charge in [0, 0.05) is 38.1 Å². The van der Waals surface area contributed by atoms with E-state index < -0.39 is 0 Å². The number of nitrogens with zero attached hydrogens (tertiary/aromatic N) is 4. The number of fused-ring (bicyclic) bond motifs is 1. The molecule has 1 aliphatic carbocycles. The predicted octanol–water partition coefficient (Wildman–Crippen LogP) is 3.75. The first kappa shape index (κ1) is 19.6. The van der Waals surface area contributed by atoms with Gasteiger partial charge in [0.1, 0.15) is 11.6 Å². The maximum absolute atomic E-state index is 5.11. The predicted molar refractivity (Wildman–Crippen MR) is 116 cm³/mol. The Morgan fingerprint density at radius 3 is 2.62 bits per heavy atom. The molecule has 2 heterocycles. The van der Waals surface area contributed by atoms with Crippen molar-refractivity contribution in [2.75, 3.05) is 30.9 Å². The molecule has 3 aromatic rings. The molecule has 1 fully saturated rings. The van der Waals surface area contributed by atoms with Crippen LogP contribution >= 0.6 is 0 Å². The van der Waals surface area contributed by atoms with E-state index in [4.69, 9.17) is 14.5 Å². The molecule has 7 nitrogen and oxygen atoms in total. The molecule has 4 rings (SSSR count). The molecule has 0 unspecified atom stereocenters. The lowest BCUT2D eigenvalue weighted by atomic mass is 9.86. The summed E-state index contributed by atoms with van der Waals surface area (Å²) < 4.78 is 5.11. The molecule has 2 N–H and O–H groups in total. The Balaban J connectivity index is 1.30. The normalized spacial score (nSPS) is 19.4. The lowest BCUT2D eigenvalue weighted by molar-refractivity contribution is 0.321. The first-order chi connectivity index (χ1) is 14.1. The maximum atomic E-state index is 5.11. The van der Waals surface area contributed by atoms with Crippen LogP contribution in [0, 0.1) is 12.8 Å². The van der Waals surface area contributed by atoms with Crippen molar-refractivity contribution in [3.8, 4) is 0 Å². The molecule has 154 valence electrons. The summed E-state index contributed by atoms with van der Waals surface area (Å²) in [6, 6.07) is 10.6. The van der Waals surface area contributed by atoms with Gasteiger partial charge in [-0.15, -0.1) is 0 Å². The van der Waals surface area contributed by atoms with Crippen LogP contribution in [0.4, 0.5) is 11.8 Å². The molecule has 0 spiro atoms. The van der Waals surface area contributed by atoms with Gasteiger partial charge in [-0.3, -0.25) is 0 Å². The number of aryl methyl sites for hydroxylation is 1. The fourth-order valence-electron chi connectivity index (χ4n) is 4.06.